The minimum Gasteiger partial charge on any atom is -0.490 e. The van der Waals surface area contributed by atoms with Crippen molar-refractivity contribution in [3.8, 4) is 17.0 Å². The van der Waals surface area contributed by atoms with Gasteiger partial charge in [-0.25, -0.2) is 0 Å². The molecule has 1 aromatic carbocycles. The lowest BCUT2D eigenvalue weighted by molar-refractivity contribution is 0.0493. The van der Waals surface area contributed by atoms with Gasteiger partial charge in [0.1, 0.15) is 18.2 Å². The van der Waals surface area contributed by atoms with E-state index in [2.05, 4.69) is 44.3 Å². The van der Waals surface area contributed by atoms with Gasteiger partial charge in [0.25, 0.3) is 0 Å². The Morgan fingerprint density at radius 3 is 2.53 bits per heavy atom. The maximum Gasteiger partial charge on any atom is 0.186 e. The smallest absolute Gasteiger partial charge is 0.186 e. The van der Waals surface area contributed by atoms with Gasteiger partial charge in [-0.05, 0) is 56.0 Å². The third-order valence-electron chi connectivity index (χ3n) is 6.55. The molecule has 0 N–H and O–H groups in total. The van der Waals surface area contributed by atoms with E-state index in [1.54, 1.807) is 17.0 Å². The molecule has 1 saturated carbocycles. The molecule has 0 atom stereocenters. The normalized spacial score (nSPS) is 18.7. The predicted octanol–water partition coefficient (Wildman–Crippen LogP) is 3.74. The predicted molar refractivity (Wildman–Crippen MR) is 114 cm³/mol. The Balaban J connectivity index is 1.22. The molecular formula is C23H24N6O. The van der Waals surface area contributed by atoms with Crippen LogP contribution in [0.4, 0.5) is 0 Å². The Bertz CT molecular complexity index is 1180. The highest BCUT2D eigenvalue weighted by molar-refractivity contribution is 6.00. The zero-order valence-electron chi connectivity index (χ0n) is 16.8. The molecule has 2 aliphatic rings. The number of piperidine rings is 1. The van der Waals surface area contributed by atoms with Gasteiger partial charge in [-0.2, -0.15) is 9.61 Å². The number of rotatable bonds is 4. The molecule has 7 nitrogen and oxygen atoms in total. The molecule has 6 rings (SSSR count). The van der Waals surface area contributed by atoms with Crippen molar-refractivity contribution in [2.45, 2.75) is 44.2 Å². The quantitative estimate of drug-likeness (QED) is 0.520. The number of ether oxygens (including phenoxy) is 1. The molecule has 0 unspecified atom stereocenters. The minimum absolute atomic E-state index is 0.311. The van der Waals surface area contributed by atoms with Gasteiger partial charge in [-0.1, -0.05) is 6.42 Å². The number of pyridine rings is 1. The van der Waals surface area contributed by atoms with Crippen LogP contribution in [0.15, 0.2) is 49.1 Å². The van der Waals surface area contributed by atoms with E-state index < -0.39 is 0 Å². The maximum absolute atomic E-state index is 6.29. The first-order valence-corrected chi connectivity index (χ1v) is 10.8. The number of fused-ring (bicyclic) bond motifs is 3. The van der Waals surface area contributed by atoms with Crippen molar-refractivity contribution in [1.29, 1.82) is 0 Å². The van der Waals surface area contributed by atoms with Crippen molar-refractivity contribution in [2.24, 2.45) is 0 Å². The molecular weight excluding hydrogens is 376 g/mol. The van der Waals surface area contributed by atoms with Crippen LogP contribution >= 0.6 is 0 Å². The summed E-state index contributed by atoms with van der Waals surface area (Å²) in [5.41, 5.74) is 2.64. The van der Waals surface area contributed by atoms with Gasteiger partial charge in [0.15, 0.2) is 5.65 Å². The van der Waals surface area contributed by atoms with Crippen molar-refractivity contribution in [1.82, 2.24) is 29.7 Å². The SMILES string of the molecule is c1cc2c(-c3ccc(OC4CCN(C5CCC5)CC4)cc3)nn3cnnc3c2cn1. The highest BCUT2D eigenvalue weighted by Gasteiger charge is 2.29. The summed E-state index contributed by atoms with van der Waals surface area (Å²) in [4.78, 5) is 6.90. The van der Waals surface area contributed by atoms with Gasteiger partial charge >= 0.3 is 0 Å². The van der Waals surface area contributed by atoms with Crippen LogP contribution in [0.25, 0.3) is 27.7 Å². The molecule has 0 radical (unpaired) electrons. The molecule has 30 heavy (non-hydrogen) atoms. The molecule has 0 spiro atoms. The summed E-state index contributed by atoms with van der Waals surface area (Å²) in [7, 11) is 0. The molecule has 7 heteroatoms. The van der Waals surface area contributed by atoms with Gasteiger partial charge in [0.05, 0.1) is 5.69 Å². The molecule has 2 fully saturated rings. The summed E-state index contributed by atoms with van der Waals surface area (Å²) in [6.07, 6.45) is 11.9. The molecule has 1 aliphatic carbocycles. The van der Waals surface area contributed by atoms with Crippen LogP contribution in [0.2, 0.25) is 0 Å². The first-order chi connectivity index (χ1) is 14.8. The lowest BCUT2D eigenvalue weighted by Crippen LogP contribution is -2.46. The van der Waals surface area contributed by atoms with Gasteiger partial charge in [-0.15, -0.1) is 10.2 Å². The van der Waals surface area contributed by atoms with E-state index in [1.165, 1.54) is 19.3 Å². The fraction of sp³-hybridized carbons (Fsp3) is 0.391. The second kappa shape index (κ2) is 7.32. The van der Waals surface area contributed by atoms with Crippen molar-refractivity contribution in [2.75, 3.05) is 13.1 Å². The average Bonchev–Trinajstić information content (AvgIpc) is 3.23. The number of hydrogen-bond donors (Lipinski definition) is 0. The fourth-order valence-electron chi connectivity index (χ4n) is 4.63. The van der Waals surface area contributed by atoms with Crippen LogP contribution in [0.1, 0.15) is 32.1 Å². The molecule has 152 valence electrons. The van der Waals surface area contributed by atoms with Crippen molar-refractivity contribution in [3.05, 3.63) is 49.1 Å². The number of benzene rings is 1. The Kier molecular flexibility index (Phi) is 4.34. The van der Waals surface area contributed by atoms with E-state index in [1.807, 2.05) is 12.3 Å². The Hall–Kier alpha value is -3.06. The second-order valence-corrected chi connectivity index (χ2v) is 8.33. The van der Waals surface area contributed by atoms with E-state index in [0.29, 0.717) is 6.10 Å². The average molecular weight is 400 g/mol. The summed E-state index contributed by atoms with van der Waals surface area (Å²) in [6, 6.07) is 11.1. The highest BCUT2D eigenvalue weighted by atomic mass is 16.5. The lowest BCUT2D eigenvalue weighted by atomic mass is 9.90. The summed E-state index contributed by atoms with van der Waals surface area (Å²) in [5.74, 6) is 0.928. The first kappa shape index (κ1) is 17.8. The third kappa shape index (κ3) is 3.10. The summed E-state index contributed by atoms with van der Waals surface area (Å²) in [5, 5.41) is 14.9. The Morgan fingerprint density at radius 2 is 1.77 bits per heavy atom. The van der Waals surface area contributed by atoms with E-state index >= 15 is 0 Å². The van der Waals surface area contributed by atoms with Crippen LogP contribution in [0.3, 0.4) is 0 Å². The largest absolute Gasteiger partial charge is 0.490 e. The highest BCUT2D eigenvalue weighted by Crippen LogP contribution is 2.31. The number of hydrogen-bond acceptors (Lipinski definition) is 6. The van der Waals surface area contributed by atoms with Crippen molar-refractivity contribution >= 4 is 16.4 Å². The van der Waals surface area contributed by atoms with E-state index in [4.69, 9.17) is 9.84 Å². The van der Waals surface area contributed by atoms with Gasteiger partial charge in [0.2, 0.25) is 0 Å². The Morgan fingerprint density at radius 1 is 0.933 bits per heavy atom. The molecule has 1 aliphatic heterocycles. The molecule has 4 aromatic rings. The van der Waals surface area contributed by atoms with Crippen LogP contribution in [0, 0.1) is 0 Å². The van der Waals surface area contributed by atoms with Gasteiger partial charge in [-0.3, -0.25) is 4.98 Å². The third-order valence-corrected chi connectivity index (χ3v) is 6.55. The summed E-state index contributed by atoms with van der Waals surface area (Å²) < 4.78 is 8.00. The molecule has 4 heterocycles. The molecule has 0 amide bonds. The summed E-state index contributed by atoms with van der Waals surface area (Å²) >= 11 is 0. The number of nitrogens with zero attached hydrogens (tertiary/aromatic N) is 6. The van der Waals surface area contributed by atoms with E-state index in [0.717, 1.165) is 65.4 Å². The fourth-order valence-corrected chi connectivity index (χ4v) is 4.63. The minimum atomic E-state index is 0.311. The number of likely N-dealkylation sites (tertiary alicyclic amines) is 1. The monoisotopic (exact) mass is 400 g/mol. The zero-order valence-corrected chi connectivity index (χ0v) is 16.8. The Labute approximate surface area is 174 Å². The summed E-state index contributed by atoms with van der Waals surface area (Å²) in [6.45, 7) is 2.33. The maximum atomic E-state index is 6.29. The van der Waals surface area contributed by atoms with Crippen molar-refractivity contribution in [3.63, 3.8) is 0 Å². The zero-order chi connectivity index (χ0) is 19.9. The van der Waals surface area contributed by atoms with E-state index in [9.17, 15) is 0 Å². The van der Waals surface area contributed by atoms with Crippen LogP contribution in [-0.2, 0) is 0 Å². The molecule has 0 bridgehead atoms. The lowest BCUT2D eigenvalue weighted by Gasteiger charge is -2.41. The number of aromatic nitrogens is 5. The topological polar surface area (TPSA) is 68.4 Å². The van der Waals surface area contributed by atoms with Gasteiger partial charge in [0, 0.05) is 47.9 Å². The standard InChI is InChI=1S/C23H24N6O/c1-2-17(3-1)28-12-9-19(10-13-28)30-18-6-4-16(5-7-18)22-20-8-11-24-14-21(20)23-26-25-15-29(23)27-22/h4-8,11,14-15,17,19H,1-3,9-10,12-13H2. The van der Waals surface area contributed by atoms with E-state index in [-0.39, 0.29) is 0 Å². The second-order valence-electron chi connectivity index (χ2n) is 8.33. The molecule has 1 saturated heterocycles. The van der Waals surface area contributed by atoms with Gasteiger partial charge < -0.3 is 9.64 Å². The van der Waals surface area contributed by atoms with Crippen molar-refractivity contribution < 1.29 is 4.74 Å². The van der Waals surface area contributed by atoms with Crippen LogP contribution < -0.4 is 4.74 Å². The first-order valence-electron chi connectivity index (χ1n) is 10.8. The van der Waals surface area contributed by atoms with Crippen LogP contribution in [-0.4, -0.2) is 54.9 Å². The molecule has 3 aromatic heterocycles. The van der Waals surface area contributed by atoms with Crippen LogP contribution in [0.5, 0.6) is 5.75 Å².